The summed E-state index contributed by atoms with van der Waals surface area (Å²) >= 11 is 0. The molecule has 2 aliphatic rings. The number of aryl methyl sites for hydroxylation is 1. The fraction of sp³-hybridized carbons (Fsp3) is 0.444. The van der Waals surface area contributed by atoms with Gasteiger partial charge in [0, 0.05) is 31.1 Å². The van der Waals surface area contributed by atoms with Gasteiger partial charge < -0.3 is 33.7 Å². The SMILES string of the molecule is COc1cc(C(=O)N2CCCC(OC(N)=O)C2)cc2nc(-c3cc4cc(C(F)(F)F)oc4n3CC3CC3)n(C)c12. The van der Waals surface area contributed by atoms with E-state index in [4.69, 9.17) is 24.6 Å². The predicted octanol–water partition coefficient (Wildman–Crippen LogP) is 4.93. The minimum absolute atomic E-state index is 0.155. The Hall–Kier alpha value is -4.16. The van der Waals surface area contributed by atoms with Crippen LogP contribution in [0.15, 0.2) is 28.7 Å². The fourth-order valence-corrected chi connectivity index (χ4v) is 5.49. The van der Waals surface area contributed by atoms with Crippen LogP contribution in [0.4, 0.5) is 18.0 Å². The molecule has 1 aliphatic carbocycles. The van der Waals surface area contributed by atoms with E-state index in [1.807, 2.05) is 4.57 Å². The van der Waals surface area contributed by atoms with Gasteiger partial charge in [0.05, 0.1) is 24.9 Å². The number of piperidine rings is 1. The number of nitrogens with two attached hydrogens (primary N) is 1. The summed E-state index contributed by atoms with van der Waals surface area (Å²) in [6.45, 7) is 1.24. The second-order valence-electron chi connectivity index (χ2n) is 10.4. The lowest BCUT2D eigenvalue weighted by atomic mass is 10.1. The monoisotopic (exact) mass is 559 g/mol. The number of ether oxygens (including phenoxy) is 2. The fourth-order valence-electron chi connectivity index (χ4n) is 5.49. The van der Waals surface area contributed by atoms with Crippen LogP contribution in [0.3, 0.4) is 0 Å². The molecule has 1 saturated carbocycles. The zero-order valence-corrected chi connectivity index (χ0v) is 22.0. The lowest BCUT2D eigenvalue weighted by molar-refractivity contribution is -0.152. The lowest BCUT2D eigenvalue weighted by Gasteiger charge is -2.32. The molecule has 3 aromatic heterocycles. The molecule has 1 atom stereocenters. The van der Waals surface area contributed by atoms with E-state index in [1.165, 1.54) is 7.11 Å². The highest BCUT2D eigenvalue weighted by Gasteiger charge is 2.37. The molecule has 6 rings (SSSR count). The Kier molecular flexibility index (Phi) is 6.19. The number of halogens is 3. The van der Waals surface area contributed by atoms with Crippen molar-refractivity contribution >= 4 is 34.1 Å². The van der Waals surface area contributed by atoms with E-state index in [-0.39, 0.29) is 18.2 Å². The number of likely N-dealkylation sites (tertiary alicyclic amines) is 1. The van der Waals surface area contributed by atoms with Gasteiger partial charge in [-0.05, 0) is 55.9 Å². The number of furan rings is 1. The molecule has 1 aromatic carbocycles. The molecule has 2 N–H and O–H groups in total. The Morgan fingerprint density at radius 2 is 1.95 bits per heavy atom. The van der Waals surface area contributed by atoms with Gasteiger partial charge in [-0.15, -0.1) is 0 Å². The molecule has 13 heteroatoms. The molecule has 4 aromatic rings. The molecule has 0 bridgehead atoms. The zero-order valence-electron chi connectivity index (χ0n) is 22.0. The average Bonchev–Trinajstić information content (AvgIpc) is 3.38. The van der Waals surface area contributed by atoms with Gasteiger partial charge in [-0.3, -0.25) is 4.79 Å². The van der Waals surface area contributed by atoms with E-state index in [9.17, 15) is 22.8 Å². The maximum absolute atomic E-state index is 13.4. The first-order valence-electron chi connectivity index (χ1n) is 13.0. The quantitative estimate of drug-likeness (QED) is 0.358. The highest BCUT2D eigenvalue weighted by Crippen LogP contribution is 2.41. The van der Waals surface area contributed by atoms with Gasteiger partial charge in [0.15, 0.2) is 5.82 Å². The van der Waals surface area contributed by atoms with Gasteiger partial charge in [0.1, 0.15) is 17.4 Å². The Bertz CT molecular complexity index is 1630. The number of carbonyl (C=O) groups excluding carboxylic acids is 2. The molecule has 212 valence electrons. The number of carbonyl (C=O) groups is 2. The van der Waals surface area contributed by atoms with E-state index in [0.717, 1.165) is 18.9 Å². The third kappa shape index (κ3) is 4.62. The van der Waals surface area contributed by atoms with Crippen molar-refractivity contribution in [2.45, 2.75) is 44.5 Å². The number of hydrogen-bond acceptors (Lipinski definition) is 6. The first-order valence-corrected chi connectivity index (χ1v) is 13.0. The van der Waals surface area contributed by atoms with Gasteiger partial charge >= 0.3 is 12.3 Å². The lowest BCUT2D eigenvalue weighted by Crippen LogP contribution is -2.44. The van der Waals surface area contributed by atoms with Crippen LogP contribution in [0.25, 0.3) is 33.7 Å². The van der Waals surface area contributed by atoms with E-state index in [0.29, 0.717) is 71.1 Å². The van der Waals surface area contributed by atoms with Crippen LogP contribution in [-0.4, -0.2) is 57.3 Å². The van der Waals surface area contributed by atoms with Crippen molar-refractivity contribution in [3.05, 3.63) is 35.6 Å². The van der Waals surface area contributed by atoms with Gasteiger partial charge in [-0.1, -0.05) is 0 Å². The number of primary amides is 1. The van der Waals surface area contributed by atoms with Crippen molar-refractivity contribution in [3.63, 3.8) is 0 Å². The third-order valence-electron chi connectivity index (χ3n) is 7.56. The number of amides is 2. The van der Waals surface area contributed by atoms with E-state index >= 15 is 0 Å². The number of benzene rings is 1. The first-order chi connectivity index (χ1) is 19.0. The number of alkyl halides is 3. The Labute approximate surface area is 226 Å². The molecular formula is C27H28F3N5O5. The summed E-state index contributed by atoms with van der Waals surface area (Å²) in [6.07, 6.45) is -2.67. The number of methoxy groups -OCH3 is 1. The van der Waals surface area contributed by atoms with Crippen molar-refractivity contribution in [2.24, 2.45) is 18.7 Å². The molecule has 0 spiro atoms. The molecular weight excluding hydrogens is 531 g/mol. The molecule has 2 amide bonds. The summed E-state index contributed by atoms with van der Waals surface area (Å²) in [5.41, 5.74) is 7.41. The molecule has 1 saturated heterocycles. The minimum atomic E-state index is -4.59. The Morgan fingerprint density at radius 1 is 1.18 bits per heavy atom. The van der Waals surface area contributed by atoms with E-state index in [1.54, 1.807) is 34.7 Å². The molecule has 0 radical (unpaired) electrons. The average molecular weight is 560 g/mol. The second-order valence-corrected chi connectivity index (χ2v) is 10.4. The van der Waals surface area contributed by atoms with Crippen molar-refractivity contribution in [3.8, 4) is 17.3 Å². The number of imidazole rings is 1. The van der Waals surface area contributed by atoms with Crippen molar-refractivity contribution < 1.29 is 36.7 Å². The molecule has 10 nitrogen and oxygen atoms in total. The highest BCUT2D eigenvalue weighted by atomic mass is 19.4. The van der Waals surface area contributed by atoms with Crippen LogP contribution < -0.4 is 10.5 Å². The van der Waals surface area contributed by atoms with Crippen LogP contribution in [0.1, 0.15) is 41.8 Å². The molecule has 4 heterocycles. The van der Waals surface area contributed by atoms with Crippen LogP contribution in [0.5, 0.6) is 5.75 Å². The van der Waals surface area contributed by atoms with Gasteiger partial charge in [0.25, 0.3) is 5.91 Å². The first kappa shape index (κ1) is 26.1. The summed E-state index contributed by atoms with van der Waals surface area (Å²) in [4.78, 5) is 31.0. The Balaban J connectivity index is 1.41. The topological polar surface area (TPSA) is 118 Å². The largest absolute Gasteiger partial charge is 0.494 e. The normalized spacial score (nSPS) is 18.0. The number of aromatic nitrogens is 3. The van der Waals surface area contributed by atoms with Crippen LogP contribution in [0.2, 0.25) is 0 Å². The van der Waals surface area contributed by atoms with Gasteiger partial charge in [-0.2, -0.15) is 13.2 Å². The number of rotatable bonds is 6. The summed E-state index contributed by atoms with van der Waals surface area (Å²) in [5, 5.41) is 0.343. The molecule has 1 aliphatic heterocycles. The van der Waals surface area contributed by atoms with Crippen LogP contribution in [-0.2, 0) is 24.5 Å². The second kappa shape index (κ2) is 9.49. The van der Waals surface area contributed by atoms with Crippen molar-refractivity contribution in [1.82, 2.24) is 19.0 Å². The molecule has 1 unspecified atom stereocenters. The minimum Gasteiger partial charge on any atom is -0.494 e. The number of fused-ring (bicyclic) bond motifs is 2. The predicted molar refractivity (Wildman–Crippen MR) is 138 cm³/mol. The zero-order chi connectivity index (χ0) is 28.3. The third-order valence-corrected chi connectivity index (χ3v) is 7.56. The number of hydrogen-bond donors (Lipinski definition) is 1. The van der Waals surface area contributed by atoms with E-state index < -0.39 is 24.1 Å². The smallest absolute Gasteiger partial charge is 0.449 e. The van der Waals surface area contributed by atoms with Crippen molar-refractivity contribution in [2.75, 3.05) is 20.2 Å². The van der Waals surface area contributed by atoms with E-state index in [2.05, 4.69) is 0 Å². The summed E-state index contributed by atoms with van der Waals surface area (Å²) in [5.74, 6) is -0.0167. The Morgan fingerprint density at radius 3 is 2.62 bits per heavy atom. The van der Waals surface area contributed by atoms with Crippen LogP contribution >= 0.6 is 0 Å². The summed E-state index contributed by atoms with van der Waals surface area (Å²) in [7, 11) is 3.29. The maximum Gasteiger partial charge on any atom is 0.449 e. The standard InChI is InChI=1S/C27H28F3N5O5/c1-33-22-18(8-15(10-20(22)38-2)24(36)34-7-3-4-17(13-34)39-26(31)37)32-23(33)19-9-16-11-21(27(28,29)30)40-25(16)35(19)12-14-5-6-14/h8-11,14,17H,3-7,12-13H2,1-2H3,(H2,31,37). The highest BCUT2D eigenvalue weighted by molar-refractivity contribution is 6.00. The summed E-state index contributed by atoms with van der Waals surface area (Å²) < 4.78 is 59.6. The van der Waals surface area contributed by atoms with Gasteiger partial charge in [-0.25, -0.2) is 9.78 Å². The maximum atomic E-state index is 13.4. The molecule has 40 heavy (non-hydrogen) atoms. The number of nitrogens with zero attached hydrogens (tertiary/aromatic N) is 4. The van der Waals surface area contributed by atoms with Gasteiger partial charge in [0.2, 0.25) is 11.5 Å². The molecule has 2 fully saturated rings. The van der Waals surface area contributed by atoms with Crippen molar-refractivity contribution in [1.29, 1.82) is 0 Å². The summed E-state index contributed by atoms with van der Waals surface area (Å²) in [6, 6.07) is 5.97. The van der Waals surface area contributed by atoms with Crippen LogP contribution in [0, 0.1) is 5.92 Å².